The standard InChI is InChI=1S/C15H25NO/c1-11-6-7-12(2)15(10-11)14(4)16-13(3)8-9-17-5/h6-7,10,13-14,16H,8-9H2,1-5H3. The van der Waals surface area contributed by atoms with Crippen LogP contribution >= 0.6 is 0 Å². The van der Waals surface area contributed by atoms with Crippen molar-refractivity contribution >= 4 is 0 Å². The van der Waals surface area contributed by atoms with Crippen molar-refractivity contribution in [2.45, 2.75) is 46.2 Å². The van der Waals surface area contributed by atoms with Crippen LogP contribution in [0, 0.1) is 13.8 Å². The fourth-order valence-corrected chi connectivity index (χ4v) is 2.12. The number of ether oxygens (including phenoxy) is 1. The molecule has 96 valence electrons. The molecule has 2 nitrogen and oxygen atoms in total. The molecular formula is C15H25NO. The molecule has 2 atom stereocenters. The number of hydrogen-bond acceptors (Lipinski definition) is 2. The third-order valence-electron chi connectivity index (χ3n) is 3.19. The van der Waals surface area contributed by atoms with Gasteiger partial charge in [0.25, 0.3) is 0 Å². The van der Waals surface area contributed by atoms with E-state index in [1.165, 1.54) is 16.7 Å². The number of aryl methyl sites for hydroxylation is 2. The predicted octanol–water partition coefficient (Wildman–Crippen LogP) is 3.38. The fraction of sp³-hybridized carbons (Fsp3) is 0.600. The molecule has 2 unspecified atom stereocenters. The van der Waals surface area contributed by atoms with Crippen LogP contribution in [0.15, 0.2) is 18.2 Å². The van der Waals surface area contributed by atoms with Crippen LogP contribution in [0.4, 0.5) is 0 Å². The summed E-state index contributed by atoms with van der Waals surface area (Å²) in [6.07, 6.45) is 1.05. The van der Waals surface area contributed by atoms with Gasteiger partial charge in [0.05, 0.1) is 0 Å². The molecule has 0 saturated heterocycles. The van der Waals surface area contributed by atoms with Gasteiger partial charge < -0.3 is 10.1 Å². The number of benzene rings is 1. The monoisotopic (exact) mass is 235 g/mol. The number of methoxy groups -OCH3 is 1. The molecular weight excluding hydrogens is 210 g/mol. The van der Waals surface area contributed by atoms with Gasteiger partial charge in [-0.05, 0) is 45.2 Å². The highest BCUT2D eigenvalue weighted by atomic mass is 16.5. The summed E-state index contributed by atoms with van der Waals surface area (Å²) < 4.78 is 5.10. The summed E-state index contributed by atoms with van der Waals surface area (Å²) >= 11 is 0. The average molecular weight is 235 g/mol. The number of nitrogens with one attached hydrogen (secondary N) is 1. The highest BCUT2D eigenvalue weighted by Crippen LogP contribution is 2.19. The van der Waals surface area contributed by atoms with Gasteiger partial charge in [-0.25, -0.2) is 0 Å². The first-order chi connectivity index (χ1) is 8.04. The highest BCUT2D eigenvalue weighted by Gasteiger charge is 2.11. The Kier molecular flexibility index (Phi) is 5.66. The molecule has 0 saturated carbocycles. The van der Waals surface area contributed by atoms with Crippen LogP contribution in [0.3, 0.4) is 0 Å². The summed E-state index contributed by atoms with van der Waals surface area (Å²) in [5, 5.41) is 3.62. The normalized spacial score (nSPS) is 14.6. The van der Waals surface area contributed by atoms with Crippen LogP contribution in [-0.2, 0) is 4.74 Å². The third-order valence-corrected chi connectivity index (χ3v) is 3.19. The van der Waals surface area contributed by atoms with Crippen molar-refractivity contribution in [1.29, 1.82) is 0 Å². The van der Waals surface area contributed by atoms with E-state index in [1.54, 1.807) is 7.11 Å². The Morgan fingerprint density at radius 3 is 2.59 bits per heavy atom. The second kappa shape index (κ2) is 6.77. The van der Waals surface area contributed by atoms with E-state index in [4.69, 9.17) is 4.74 Å². The SMILES string of the molecule is COCCC(C)NC(C)c1cc(C)ccc1C. The van der Waals surface area contributed by atoms with Crippen LogP contribution in [0.2, 0.25) is 0 Å². The van der Waals surface area contributed by atoms with E-state index < -0.39 is 0 Å². The summed E-state index contributed by atoms with van der Waals surface area (Å²) in [7, 11) is 1.75. The molecule has 0 aromatic heterocycles. The van der Waals surface area contributed by atoms with Gasteiger partial charge in [0.2, 0.25) is 0 Å². The van der Waals surface area contributed by atoms with Crippen molar-refractivity contribution in [1.82, 2.24) is 5.32 Å². The lowest BCUT2D eigenvalue weighted by molar-refractivity contribution is 0.183. The molecule has 0 heterocycles. The van der Waals surface area contributed by atoms with Gasteiger partial charge in [0, 0.05) is 25.8 Å². The summed E-state index contributed by atoms with van der Waals surface area (Å²) in [5.74, 6) is 0. The van der Waals surface area contributed by atoms with Crippen molar-refractivity contribution in [3.05, 3.63) is 34.9 Å². The fourth-order valence-electron chi connectivity index (χ4n) is 2.12. The second-order valence-electron chi connectivity index (χ2n) is 4.93. The molecule has 2 heteroatoms. The molecule has 0 bridgehead atoms. The summed E-state index contributed by atoms with van der Waals surface area (Å²) in [5.41, 5.74) is 4.08. The zero-order valence-electron chi connectivity index (χ0n) is 11.7. The van der Waals surface area contributed by atoms with Crippen LogP contribution in [0.25, 0.3) is 0 Å². The molecule has 1 aromatic rings. The van der Waals surface area contributed by atoms with Gasteiger partial charge in [-0.3, -0.25) is 0 Å². The first-order valence-electron chi connectivity index (χ1n) is 6.36. The summed E-state index contributed by atoms with van der Waals surface area (Å²) in [4.78, 5) is 0. The summed E-state index contributed by atoms with van der Waals surface area (Å²) in [6, 6.07) is 7.50. The summed E-state index contributed by atoms with van der Waals surface area (Å²) in [6.45, 7) is 9.57. The largest absolute Gasteiger partial charge is 0.385 e. The van der Waals surface area contributed by atoms with E-state index in [0.717, 1.165) is 13.0 Å². The molecule has 1 rings (SSSR count). The minimum Gasteiger partial charge on any atom is -0.385 e. The van der Waals surface area contributed by atoms with Crippen LogP contribution in [0.5, 0.6) is 0 Å². The molecule has 0 aliphatic carbocycles. The molecule has 0 fully saturated rings. The maximum absolute atomic E-state index is 5.10. The molecule has 1 aromatic carbocycles. The smallest absolute Gasteiger partial charge is 0.0476 e. The molecule has 17 heavy (non-hydrogen) atoms. The lowest BCUT2D eigenvalue weighted by Gasteiger charge is -2.22. The van der Waals surface area contributed by atoms with Gasteiger partial charge >= 0.3 is 0 Å². The first-order valence-corrected chi connectivity index (χ1v) is 6.36. The number of hydrogen-bond donors (Lipinski definition) is 1. The minimum absolute atomic E-state index is 0.391. The van der Waals surface area contributed by atoms with E-state index >= 15 is 0 Å². The first kappa shape index (κ1) is 14.2. The lowest BCUT2D eigenvalue weighted by Crippen LogP contribution is -2.30. The maximum atomic E-state index is 5.10. The van der Waals surface area contributed by atoms with Gasteiger partial charge in [0.1, 0.15) is 0 Å². The quantitative estimate of drug-likeness (QED) is 0.816. The number of rotatable bonds is 6. The van der Waals surface area contributed by atoms with E-state index in [2.05, 4.69) is 51.2 Å². The zero-order valence-corrected chi connectivity index (χ0v) is 11.7. The topological polar surface area (TPSA) is 21.3 Å². The Bertz CT molecular complexity index is 349. The van der Waals surface area contributed by atoms with E-state index in [1.807, 2.05) is 0 Å². The maximum Gasteiger partial charge on any atom is 0.0476 e. The van der Waals surface area contributed by atoms with Crippen molar-refractivity contribution in [3.8, 4) is 0 Å². The average Bonchev–Trinajstić information content (AvgIpc) is 2.29. The van der Waals surface area contributed by atoms with Crippen LogP contribution < -0.4 is 5.32 Å². The molecule has 0 amide bonds. The third kappa shape index (κ3) is 4.49. The van der Waals surface area contributed by atoms with Gasteiger partial charge in [-0.2, -0.15) is 0 Å². The Morgan fingerprint density at radius 2 is 1.94 bits per heavy atom. The predicted molar refractivity (Wildman–Crippen MR) is 73.4 cm³/mol. The minimum atomic E-state index is 0.391. The Hall–Kier alpha value is -0.860. The van der Waals surface area contributed by atoms with Crippen LogP contribution in [0.1, 0.15) is 43.0 Å². The molecule has 0 spiro atoms. The Balaban J connectivity index is 2.62. The van der Waals surface area contributed by atoms with Crippen molar-refractivity contribution in [2.24, 2.45) is 0 Å². The van der Waals surface area contributed by atoms with E-state index in [9.17, 15) is 0 Å². The highest BCUT2D eigenvalue weighted by molar-refractivity contribution is 5.32. The van der Waals surface area contributed by atoms with Crippen molar-refractivity contribution in [3.63, 3.8) is 0 Å². The molecule has 0 radical (unpaired) electrons. The molecule has 1 N–H and O–H groups in total. The molecule has 0 aliphatic rings. The van der Waals surface area contributed by atoms with E-state index in [-0.39, 0.29) is 0 Å². The Labute approximate surface area is 105 Å². The Morgan fingerprint density at radius 1 is 1.24 bits per heavy atom. The van der Waals surface area contributed by atoms with Crippen molar-refractivity contribution in [2.75, 3.05) is 13.7 Å². The van der Waals surface area contributed by atoms with Crippen LogP contribution in [-0.4, -0.2) is 19.8 Å². The second-order valence-corrected chi connectivity index (χ2v) is 4.93. The van der Waals surface area contributed by atoms with Gasteiger partial charge in [-0.15, -0.1) is 0 Å². The zero-order chi connectivity index (χ0) is 12.8. The van der Waals surface area contributed by atoms with E-state index in [0.29, 0.717) is 12.1 Å². The molecule has 0 aliphatic heterocycles. The lowest BCUT2D eigenvalue weighted by atomic mass is 9.99. The van der Waals surface area contributed by atoms with Crippen molar-refractivity contribution < 1.29 is 4.74 Å². The van der Waals surface area contributed by atoms with Gasteiger partial charge in [0.15, 0.2) is 0 Å². The van der Waals surface area contributed by atoms with Gasteiger partial charge in [-0.1, -0.05) is 23.8 Å².